The Bertz CT molecular complexity index is 759. The third-order valence-electron chi connectivity index (χ3n) is 5.03. The number of hydrogen-bond acceptors (Lipinski definition) is 3. The predicted molar refractivity (Wildman–Crippen MR) is 101 cm³/mol. The first-order valence-electron chi connectivity index (χ1n) is 8.52. The van der Waals surface area contributed by atoms with Crippen LogP contribution in [0.15, 0.2) is 24.3 Å². The van der Waals surface area contributed by atoms with Crippen LogP contribution in [0.4, 0.5) is 5.69 Å². The van der Waals surface area contributed by atoms with Crippen LogP contribution in [0.1, 0.15) is 48.0 Å². The minimum atomic E-state index is -0.796. The molecule has 1 heterocycles. The molecule has 0 amide bonds. The second-order valence-corrected chi connectivity index (χ2v) is 8.52. The molecule has 0 saturated heterocycles. The van der Waals surface area contributed by atoms with Gasteiger partial charge in [-0.25, -0.2) is 4.79 Å². The maximum Gasteiger partial charge on any atom is 0.337 e. The Kier molecular flexibility index (Phi) is 4.43. The molecular formula is C20H25NO2S. The van der Waals surface area contributed by atoms with Gasteiger partial charge in [-0.15, -0.1) is 11.3 Å². The molecule has 1 aromatic carbocycles. The number of carbonyl (C=O) groups is 1. The van der Waals surface area contributed by atoms with E-state index >= 15 is 0 Å². The quantitative estimate of drug-likeness (QED) is 0.841. The number of carboxylic acids is 1. The fraction of sp³-hybridized carbons (Fsp3) is 0.450. The highest BCUT2D eigenvalue weighted by Gasteiger charge is 2.32. The SMILES string of the molecule is CCN(C)c1ccc(-c2sc3c(c2C(=O)O)CC(C)(C)CC3)cc1. The Morgan fingerprint density at radius 2 is 1.96 bits per heavy atom. The van der Waals surface area contributed by atoms with Crippen LogP contribution in [-0.4, -0.2) is 24.7 Å². The number of nitrogens with zero attached hydrogens (tertiary/aromatic N) is 1. The third-order valence-corrected chi connectivity index (χ3v) is 6.37. The van der Waals surface area contributed by atoms with E-state index in [1.54, 1.807) is 11.3 Å². The van der Waals surface area contributed by atoms with Gasteiger partial charge in [-0.05, 0) is 54.9 Å². The minimum Gasteiger partial charge on any atom is -0.478 e. The molecule has 3 nitrogen and oxygen atoms in total. The first kappa shape index (κ1) is 17.0. The highest BCUT2D eigenvalue weighted by Crippen LogP contribution is 2.45. The number of anilines is 1. The van der Waals surface area contributed by atoms with E-state index in [2.05, 4.69) is 57.0 Å². The maximum absolute atomic E-state index is 12.0. The lowest BCUT2D eigenvalue weighted by Gasteiger charge is -2.29. The number of aromatic carboxylic acids is 1. The van der Waals surface area contributed by atoms with Crippen molar-refractivity contribution in [3.05, 3.63) is 40.3 Å². The van der Waals surface area contributed by atoms with Crippen molar-refractivity contribution in [1.82, 2.24) is 0 Å². The number of thiophene rings is 1. The number of hydrogen-bond donors (Lipinski definition) is 1. The molecule has 0 fully saturated rings. The summed E-state index contributed by atoms with van der Waals surface area (Å²) in [7, 11) is 2.06. The van der Waals surface area contributed by atoms with Crippen molar-refractivity contribution < 1.29 is 9.90 Å². The Labute approximate surface area is 147 Å². The van der Waals surface area contributed by atoms with Crippen molar-refractivity contribution in [1.29, 1.82) is 0 Å². The van der Waals surface area contributed by atoms with Crippen molar-refractivity contribution in [2.75, 3.05) is 18.5 Å². The molecule has 1 aliphatic rings. The van der Waals surface area contributed by atoms with Crippen LogP contribution < -0.4 is 4.90 Å². The van der Waals surface area contributed by atoms with Gasteiger partial charge in [0.2, 0.25) is 0 Å². The lowest BCUT2D eigenvalue weighted by molar-refractivity contribution is 0.0696. The van der Waals surface area contributed by atoms with Crippen molar-refractivity contribution in [3.63, 3.8) is 0 Å². The number of carboxylic acid groups (broad SMARTS) is 1. The van der Waals surface area contributed by atoms with E-state index in [9.17, 15) is 9.90 Å². The monoisotopic (exact) mass is 343 g/mol. The molecule has 2 aromatic rings. The van der Waals surface area contributed by atoms with Gasteiger partial charge in [0, 0.05) is 29.0 Å². The van der Waals surface area contributed by atoms with Gasteiger partial charge in [0.1, 0.15) is 0 Å². The topological polar surface area (TPSA) is 40.5 Å². The molecular weight excluding hydrogens is 318 g/mol. The van der Waals surface area contributed by atoms with E-state index in [-0.39, 0.29) is 5.41 Å². The standard InChI is InChI=1S/C20H25NO2S/c1-5-21(4)14-8-6-13(7-9-14)18-17(19(22)23)15-12-20(2,3)11-10-16(15)24-18/h6-9H,5,10-12H2,1-4H3,(H,22,23). The predicted octanol–water partition coefficient (Wildman–Crippen LogP) is 5.08. The second kappa shape index (κ2) is 6.25. The summed E-state index contributed by atoms with van der Waals surface area (Å²) in [5, 5.41) is 9.82. The summed E-state index contributed by atoms with van der Waals surface area (Å²) in [6.07, 6.45) is 2.97. The zero-order chi connectivity index (χ0) is 17.5. The molecule has 3 rings (SSSR count). The molecule has 0 atom stereocenters. The van der Waals surface area contributed by atoms with E-state index < -0.39 is 5.97 Å². The van der Waals surface area contributed by atoms with Gasteiger partial charge in [0.05, 0.1) is 5.56 Å². The molecule has 0 unspecified atom stereocenters. The Morgan fingerprint density at radius 3 is 2.54 bits per heavy atom. The zero-order valence-corrected chi connectivity index (χ0v) is 15.7. The highest BCUT2D eigenvalue weighted by atomic mass is 32.1. The van der Waals surface area contributed by atoms with Crippen LogP contribution in [0.2, 0.25) is 0 Å². The number of rotatable bonds is 4. The van der Waals surface area contributed by atoms with Gasteiger partial charge in [-0.1, -0.05) is 26.0 Å². The highest BCUT2D eigenvalue weighted by molar-refractivity contribution is 7.16. The second-order valence-electron chi connectivity index (χ2n) is 7.42. The van der Waals surface area contributed by atoms with Crippen molar-refractivity contribution in [2.24, 2.45) is 5.41 Å². The van der Waals surface area contributed by atoms with Crippen LogP contribution in [0.3, 0.4) is 0 Å². The summed E-state index contributed by atoms with van der Waals surface area (Å²) in [5.74, 6) is -0.796. The van der Waals surface area contributed by atoms with Gasteiger partial charge in [0.15, 0.2) is 0 Å². The molecule has 24 heavy (non-hydrogen) atoms. The van der Waals surface area contributed by atoms with E-state index in [0.29, 0.717) is 5.56 Å². The number of aryl methyl sites for hydroxylation is 1. The molecule has 0 radical (unpaired) electrons. The summed E-state index contributed by atoms with van der Waals surface area (Å²) in [6.45, 7) is 7.52. The molecule has 1 aliphatic carbocycles. The first-order valence-corrected chi connectivity index (χ1v) is 9.33. The third kappa shape index (κ3) is 3.07. The lowest BCUT2D eigenvalue weighted by atomic mass is 9.76. The number of fused-ring (bicyclic) bond motifs is 1. The Hall–Kier alpha value is -1.81. The lowest BCUT2D eigenvalue weighted by Crippen LogP contribution is -2.22. The fourth-order valence-electron chi connectivity index (χ4n) is 3.40. The van der Waals surface area contributed by atoms with E-state index in [0.717, 1.165) is 47.5 Å². The van der Waals surface area contributed by atoms with Crippen molar-refractivity contribution >= 4 is 23.0 Å². The van der Waals surface area contributed by atoms with E-state index in [1.807, 2.05) is 0 Å². The molecule has 0 bridgehead atoms. The molecule has 0 spiro atoms. The van der Waals surface area contributed by atoms with Gasteiger partial charge in [-0.2, -0.15) is 0 Å². The summed E-state index contributed by atoms with van der Waals surface area (Å²) in [6, 6.07) is 8.26. The first-order chi connectivity index (χ1) is 11.3. The minimum absolute atomic E-state index is 0.184. The molecule has 0 saturated carbocycles. The van der Waals surface area contributed by atoms with E-state index in [1.165, 1.54) is 4.88 Å². The normalized spacial score (nSPS) is 15.8. The summed E-state index contributed by atoms with van der Waals surface area (Å²) < 4.78 is 0. The Balaban J connectivity index is 2.05. The molecule has 128 valence electrons. The van der Waals surface area contributed by atoms with Gasteiger partial charge in [0.25, 0.3) is 0 Å². The van der Waals surface area contributed by atoms with Crippen molar-refractivity contribution in [2.45, 2.75) is 40.0 Å². The Morgan fingerprint density at radius 1 is 1.29 bits per heavy atom. The molecule has 1 N–H and O–H groups in total. The fourth-order valence-corrected chi connectivity index (χ4v) is 4.71. The maximum atomic E-state index is 12.0. The smallest absolute Gasteiger partial charge is 0.337 e. The van der Waals surface area contributed by atoms with Crippen LogP contribution in [0.25, 0.3) is 10.4 Å². The zero-order valence-electron chi connectivity index (χ0n) is 14.8. The van der Waals surface area contributed by atoms with Crippen LogP contribution in [0.5, 0.6) is 0 Å². The average Bonchev–Trinajstić information content (AvgIpc) is 2.91. The van der Waals surface area contributed by atoms with Crippen molar-refractivity contribution in [3.8, 4) is 10.4 Å². The molecule has 4 heteroatoms. The van der Waals surface area contributed by atoms with Gasteiger partial charge in [-0.3, -0.25) is 0 Å². The summed E-state index contributed by atoms with van der Waals surface area (Å²) in [4.78, 5) is 16.3. The van der Waals surface area contributed by atoms with Crippen LogP contribution >= 0.6 is 11.3 Å². The van der Waals surface area contributed by atoms with Gasteiger partial charge < -0.3 is 10.0 Å². The number of benzene rings is 1. The van der Waals surface area contributed by atoms with Crippen LogP contribution in [-0.2, 0) is 12.8 Å². The molecule has 0 aliphatic heterocycles. The van der Waals surface area contributed by atoms with Gasteiger partial charge >= 0.3 is 5.97 Å². The largest absolute Gasteiger partial charge is 0.478 e. The molecule has 1 aromatic heterocycles. The average molecular weight is 343 g/mol. The van der Waals surface area contributed by atoms with Crippen LogP contribution in [0, 0.1) is 5.41 Å². The summed E-state index contributed by atoms with van der Waals surface area (Å²) in [5.41, 5.74) is 3.94. The summed E-state index contributed by atoms with van der Waals surface area (Å²) >= 11 is 1.67. The van der Waals surface area contributed by atoms with E-state index in [4.69, 9.17) is 0 Å².